The molecule has 0 aliphatic carbocycles. The van der Waals surface area contributed by atoms with Crippen LogP contribution in [-0.2, 0) is 6.42 Å². The summed E-state index contributed by atoms with van der Waals surface area (Å²) in [5.74, 6) is 0.903. The second kappa shape index (κ2) is 6.22. The predicted molar refractivity (Wildman–Crippen MR) is 90.9 cm³/mol. The molecular weight excluding hydrogens is 350 g/mol. The van der Waals surface area contributed by atoms with E-state index in [2.05, 4.69) is 39.4 Å². The summed E-state index contributed by atoms with van der Waals surface area (Å²) in [5.41, 5.74) is 2.00. The molecule has 1 aromatic heterocycles. The molecule has 108 valence electrons. The van der Waals surface area contributed by atoms with E-state index in [0.717, 1.165) is 27.6 Å². The third-order valence-corrected chi connectivity index (χ3v) is 4.33. The first kappa shape index (κ1) is 14.6. The van der Waals surface area contributed by atoms with Gasteiger partial charge in [0.1, 0.15) is 5.76 Å². The fourth-order valence-electron chi connectivity index (χ4n) is 2.46. The molecule has 0 fully saturated rings. The Kier molecular flexibility index (Phi) is 4.34. The van der Waals surface area contributed by atoms with Crippen LogP contribution in [0.4, 0.5) is 0 Å². The molecule has 0 bridgehead atoms. The zero-order valence-corrected chi connectivity index (χ0v) is 13.9. The molecule has 2 aromatic carbocycles. The third kappa shape index (κ3) is 3.15. The van der Waals surface area contributed by atoms with Crippen molar-refractivity contribution in [3.05, 3.63) is 69.3 Å². The molecule has 1 heterocycles. The molecule has 2 nitrogen and oxygen atoms in total. The topological polar surface area (TPSA) is 25.2 Å². The van der Waals surface area contributed by atoms with Crippen LogP contribution in [0.5, 0.6) is 0 Å². The number of hydrogen-bond acceptors (Lipinski definition) is 2. The minimum atomic E-state index is 0.114. The highest BCUT2D eigenvalue weighted by atomic mass is 79.9. The van der Waals surface area contributed by atoms with E-state index in [1.807, 2.05) is 37.4 Å². The SMILES string of the molecule is CNC(Cc1cccc(Br)c1)c1cc2cccc(Cl)c2o1. The van der Waals surface area contributed by atoms with Crippen LogP contribution in [0.1, 0.15) is 17.4 Å². The largest absolute Gasteiger partial charge is 0.458 e. The lowest BCUT2D eigenvalue weighted by atomic mass is 10.0. The molecule has 0 spiro atoms. The second-order valence-corrected chi connectivity index (χ2v) is 6.31. The number of nitrogens with one attached hydrogen (secondary N) is 1. The first-order chi connectivity index (χ1) is 10.2. The summed E-state index contributed by atoms with van der Waals surface area (Å²) in [4.78, 5) is 0. The van der Waals surface area contributed by atoms with Gasteiger partial charge in [0.05, 0.1) is 11.1 Å². The Morgan fingerprint density at radius 2 is 2.00 bits per heavy atom. The van der Waals surface area contributed by atoms with Crippen molar-refractivity contribution in [1.29, 1.82) is 0 Å². The van der Waals surface area contributed by atoms with E-state index >= 15 is 0 Å². The standard InChI is InChI=1S/C17H15BrClNO/c1-20-15(9-11-4-2-6-13(18)8-11)16-10-12-5-3-7-14(19)17(12)21-16/h2-8,10,15,20H,9H2,1H3. The van der Waals surface area contributed by atoms with Gasteiger partial charge in [-0.1, -0.05) is 51.8 Å². The Hall–Kier alpha value is -1.29. The molecule has 1 atom stereocenters. The third-order valence-electron chi connectivity index (χ3n) is 3.54. The number of fused-ring (bicyclic) bond motifs is 1. The molecule has 4 heteroatoms. The van der Waals surface area contributed by atoms with Gasteiger partial charge in [-0.2, -0.15) is 0 Å². The number of rotatable bonds is 4. The van der Waals surface area contributed by atoms with Crippen LogP contribution in [0.25, 0.3) is 11.0 Å². The molecule has 0 amide bonds. The van der Waals surface area contributed by atoms with Crippen LogP contribution in [-0.4, -0.2) is 7.05 Å². The van der Waals surface area contributed by atoms with Crippen LogP contribution in [0.2, 0.25) is 5.02 Å². The van der Waals surface area contributed by atoms with Gasteiger partial charge >= 0.3 is 0 Å². The Bertz CT molecular complexity index is 768. The first-order valence-corrected chi connectivity index (χ1v) is 7.94. The van der Waals surface area contributed by atoms with Crippen LogP contribution >= 0.6 is 27.5 Å². The summed E-state index contributed by atoms with van der Waals surface area (Å²) in [6.45, 7) is 0. The van der Waals surface area contributed by atoms with Gasteiger partial charge in [0.2, 0.25) is 0 Å². The molecule has 3 rings (SSSR count). The fraction of sp³-hybridized carbons (Fsp3) is 0.176. The average molecular weight is 365 g/mol. The first-order valence-electron chi connectivity index (χ1n) is 6.77. The van der Waals surface area contributed by atoms with E-state index in [-0.39, 0.29) is 6.04 Å². The van der Waals surface area contributed by atoms with Gasteiger partial charge in [-0.05, 0) is 43.3 Å². The van der Waals surface area contributed by atoms with Crippen molar-refractivity contribution in [3.63, 3.8) is 0 Å². The number of likely N-dealkylation sites (N-methyl/N-ethyl adjacent to an activating group) is 1. The Morgan fingerprint density at radius 1 is 1.19 bits per heavy atom. The number of halogens is 2. The zero-order valence-electron chi connectivity index (χ0n) is 11.6. The van der Waals surface area contributed by atoms with Gasteiger partial charge in [-0.3, -0.25) is 0 Å². The van der Waals surface area contributed by atoms with Gasteiger partial charge in [0.15, 0.2) is 5.58 Å². The quantitative estimate of drug-likeness (QED) is 0.675. The Morgan fingerprint density at radius 3 is 2.71 bits per heavy atom. The maximum absolute atomic E-state index is 6.18. The number of furan rings is 1. The van der Waals surface area contributed by atoms with Crippen molar-refractivity contribution >= 4 is 38.5 Å². The molecule has 3 aromatic rings. The van der Waals surface area contributed by atoms with E-state index < -0.39 is 0 Å². The van der Waals surface area contributed by atoms with Crippen LogP contribution in [0.3, 0.4) is 0 Å². The average Bonchev–Trinajstić information content (AvgIpc) is 2.90. The van der Waals surface area contributed by atoms with E-state index in [0.29, 0.717) is 5.02 Å². The normalized spacial score (nSPS) is 12.7. The van der Waals surface area contributed by atoms with Gasteiger partial charge < -0.3 is 9.73 Å². The summed E-state index contributed by atoms with van der Waals surface area (Å²) in [7, 11) is 1.94. The molecule has 1 N–H and O–H groups in total. The molecule has 21 heavy (non-hydrogen) atoms. The molecule has 0 aliphatic rings. The highest BCUT2D eigenvalue weighted by molar-refractivity contribution is 9.10. The summed E-state index contributed by atoms with van der Waals surface area (Å²) in [5, 5.41) is 5.00. The summed E-state index contributed by atoms with van der Waals surface area (Å²) in [6.07, 6.45) is 0.855. The molecular formula is C17H15BrClNO. The lowest BCUT2D eigenvalue weighted by Gasteiger charge is -2.13. The second-order valence-electron chi connectivity index (χ2n) is 4.98. The maximum atomic E-state index is 6.18. The summed E-state index contributed by atoms with van der Waals surface area (Å²) in [6, 6.07) is 16.3. The van der Waals surface area contributed by atoms with Gasteiger partial charge in [0.25, 0.3) is 0 Å². The van der Waals surface area contributed by atoms with E-state index in [4.69, 9.17) is 16.0 Å². The van der Waals surface area contributed by atoms with Crippen LogP contribution in [0, 0.1) is 0 Å². The minimum absolute atomic E-state index is 0.114. The Balaban J connectivity index is 1.93. The van der Waals surface area contributed by atoms with Crippen molar-refractivity contribution in [2.24, 2.45) is 0 Å². The fourth-order valence-corrected chi connectivity index (χ4v) is 3.13. The van der Waals surface area contributed by atoms with Gasteiger partial charge in [0, 0.05) is 9.86 Å². The molecule has 0 radical (unpaired) electrons. The minimum Gasteiger partial charge on any atom is -0.458 e. The monoisotopic (exact) mass is 363 g/mol. The lowest BCUT2D eigenvalue weighted by molar-refractivity contribution is 0.451. The van der Waals surface area contributed by atoms with Crippen LogP contribution in [0.15, 0.2) is 57.4 Å². The smallest absolute Gasteiger partial charge is 0.152 e. The van der Waals surface area contributed by atoms with E-state index in [1.54, 1.807) is 0 Å². The van der Waals surface area contributed by atoms with Crippen molar-refractivity contribution in [1.82, 2.24) is 5.32 Å². The van der Waals surface area contributed by atoms with Crippen molar-refractivity contribution in [3.8, 4) is 0 Å². The van der Waals surface area contributed by atoms with Gasteiger partial charge in [-0.15, -0.1) is 0 Å². The number of para-hydroxylation sites is 1. The molecule has 0 saturated carbocycles. The molecule has 1 unspecified atom stereocenters. The van der Waals surface area contributed by atoms with Crippen LogP contribution < -0.4 is 5.32 Å². The highest BCUT2D eigenvalue weighted by Gasteiger charge is 2.16. The van der Waals surface area contributed by atoms with Crippen molar-refractivity contribution in [2.45, 2.75) is 12.5 Å². The number of benzene rings is 2. The number of hydrogen-bond donors (Lipinski definition) is 1. The van der Waals surface area contributed by atoms with Crippen molar-refractivity contribution in [2.75, 3.05) is 7.05 Å². The highest BCUT2D eigenvalue weighted by Crippen LogP contribution is 2.30. The lowest BCUT2D eigenvalue weighted by Crippen LogP contribution is -2.18. The van der Waals surface area contributed by atoms with Gasteiger partial charge in [-0.25, -0.2) is 0 Å². The molecule has 0 saturated heterocycles. The maximum Gasteiger partial charge on any atom is 0.152 e. The van der Waals surface area contributed by atoms with E-state index in [9.17, 15) is 0 Å². The zero-order chi connectivity index (χ0) is 14.8. The summed E-state index contributed by atoms with van der Waals surface area (Å²) >= 11 is 9.69. The summed E-state index contributed by atoms with van der Waals surface area (Å²) < 4.78 is 7.03. The molecule has 0 aliphatic heterocycles. The predicted octanol–water partition coefficient (Wildman–Crippen LogP) is 5.35. The van der Waals surface area contributed by atoms with E-state index in [1.165, 1.54) is 5.56 Å². The van der Waals surface area contributed by atoms with Crippen molar-refractivity contribution < 1.29 is 4.42 Å². The Labute approximate surface area is 137 Å².